The Hall–Kier alpha value is -3.47. The molecule has 1 aliphatic heterocycles. The maximum atomic E-state index is 12.9. The van der Waals surface area contributed by atoms with E-state index in [-0.39, 0.29) is 24.3 Å². The maximum Gasteiger partial charge on any atom is 0.230 e. The molecule has 140 valence electrons. The number of aromatic nitrogens is 1. The molecular formula is C23H21N3O2. The molecule has 2 aromatic carbocycles. The molecule has 2 heterocycles. The summed E-state index contributed by atoms with van der Waals surface area (Å²) in [5, 5.41) is 2.97. The quantitative estimate of drug-likeness (QED) is 0.756. The van der Waals surface area contributed by atoms with Gasteiger partial charge in [0.05, 0.1) is 12.0 Å². The molecule has 2 unspecified atom stereocenters. The minimum atomic E-state index is -0.449. The number of anilines is 1. The molecule has 0 radical (unpaired) electrons. The Morgan fingerprint density at radius 2 is 1.71 bits per heavy atom. The van der Waals surface area contributed by atoms with Gasteiger partial charge < -0.3 is 10.2 Å². The standard InChI is InChI=1S/C23H21N3O2/c1-26-21(27)14-20(22(26)18-8-5-13-24-15-18)23(28)25-19-11-9-17(10-12-19)16-6-3-2-4-7-16/h2-13,15,20,22H,14H2,1H3,(H,25,28). The lowest BCUT2D eigenvalue weighted by Crippen LogP contribution is -2.30. The first-order valence-electron chi connectivity index (χ1n) is 9.25. The molecule has 0 saturated carbocycles. The van der Waals surface area contributed by atoms with E-state index < -0.39 is 5.92 Å². The van der Waals surface area contributed by atoms with Crippen LogP contribution in [-0.4, -0.2) is 28.7 Å². The second-order valence-electron chi connectivity index (χ2n) is 6.98. The molecule has 5 nitrogen and oxygen atoms in total. The summed E-state index contributed by atoms with van der Waals surface area (Å²) >= 11 is 0. The second-order valence-corrected chi connectivity index (χ2v) is 6.98. The van der Waals surface area contributed by atoms with Crippen LogP contribution in [0, 0.1) is 5.92 Å². The second kappa shape index (κ2) is 7.64. The van der Waals surface area contributed by atoms with Crippen LogP contribution in [0.15, 0.2) is 79.1 Å². The van der Waals surface area contributed by atoms with Crippen LogP contribution in [0.5, 0.6) is 0 Å². The average Bonchev–Trinajstić information content (AvgIpc) is 3.04. The average molecular weight is 371 g/mol. The Balaban J connectivity index is 1.52. The lowest BCUT2D eigenvalue weighted by Gasteiger charge is -2.24. The van der Waals surface area contributed by atoms with E-state index in [0.29, 0.717) is 0 Å². The number of carbonyl (C=O) groups is 2. The Kier molecular flexibility index (Phi) is 4.89. The van der Waals surface area contributed by atoms with Gasteiger partial charge in [0.15, 0.2) is 0 Å². The van der Waals surface area contributed by atoms with Crippen molar-refractivity contribution in [2.75, 3.05) is 12.4 Å². The molecule has 2 amide bonds. The molecule has 0 spiro atoms. The fourth-order valence-corrected chi connectivity index (χ4v) is 3.72. The number of likely N-dealkylation sites (tertiary alicyclic amines) is 1. The molecule has 1 aromatic heterocycles. The molecule has 3 aromatic rings. The lowest BCUT2D eigenvalue weighted by atomic mass is 9.94. The number of nitrogens with zero attached hydrogens (tertiary/aromatic N) is 2. The summed E-state index contributed by atoms with van der Waals surface area (Å²) in [5.41, 5.74) is 3.80. The fourth-order valence-electron chi connectivity index (χ4n) is 3.72. The zero-order valence-electron chi connectivity index (χ0n) is 15.6. The third kappa shape index (κ3) is 3.51. The van der Waals surface area contributed by atoms with Crippen LogP contribution in [0.25, 0.3) is 11.1 Å². The lowest BCUT2D eigenvalue weighted by molar-refractivity contribution is -0.127. The summed E-state index contributed by atoms with van der Waals surface area (Å²) in [5.74, 6) is -0.636. The van der Waals surface area contributed by atoms with Crippen molar-refractivity contribution in [1.29, 1.82) is 0 Å². The molecule has 0 aliphatic carbocycles. The predicted octanol–water partition coefficient (Wildman–Crippen LogP) is 3.91. The smallest absolute Gasteiger partial charge is 0.230 e. The zero-order valence-corrected chi connectivity index (χ0v) is 15.6. The minimum absolute atomic E-state index is 0.0339. The van der Waals surface area contributed by atoms with E-state index in [9.17, 15) is 9.59 Å². The molecule has 1 N–H and O–H groups in total. The van der Waals surface area contributed by atoms with E-state index in [1.807, 2.05) is 66.7 Å². The van der Waals surface area contributed by atoms with Crippen LogP contribution >= 0.6 is 0 Å². The molecule has 28 heavy (non-hydrogen) atoms. The van der Waals surface area contributed by atoms with Crippen LogP contribution in [0.4, 0.5) is 5.69 Å². The van der Waals surface area contributed by atoms with Crippen molar-refractivity contribution in [2.45, 2.75) is 12.5 Å². The first-order valence-corrected chi connectivity index (χ1v) is 9.25. The molecule has 0 bridgehead atoms. The number of hydrogen-bond acceptors (Lipinski definition) is 3. The van der Waals surface area contributed by atoms with Gasteiger partial charge in [0.1, 0.15) is 0 Å². The third-order valence-corrected chi connectivity index (χ3v) is 5.21. The number of rotatable bonds is 4. The van der Waals surface area contributed by atoms with Gasteiger partial charge in [-0.1, -0.05) is 48.5 Å². The van der Waals surface area contributed by atoms with Crippen molar-refractivity contribution in [3.8, 4) is 11.1 Å². The molecule has 1 aliphatic rings. The Morgan fingerprint density at radius 3 is 2.39 bits per heavy atom. The number of amides is 2. The maximum absolute atomic E-state index is 12.9. The number of carbonyl (C=O) groups excluding carboxylic acids is 2. The molecule has 1 saturated heterocycles. The van der Waals surface area contributed by atoms with Crippen molar-refractivity contribution in [3.63, 3.8) is 0 Å². The van der Waals surface area contributed by atoms with Crippen LogP contribution in [0.1, 0.15) is 18.0 Å². The molecule has 2 atom stereocenters. The van der Waals surface area contributed by atoms with Gasteiger partial charge in [-0.25, -0.2) is 0 Å². The van der Waals surface area contributed by atoms with Crippen molar-refractivity contribution in [1.82, 2.24) is 9.88 Å². The normalized spacial score (nSPS) is 18.9. The third-order valence-electron chi connectivity index (χ3n) is 5.21. The van der Waals surface area contributed by atoms with E-state index in [1.165, 1.54) is 0 Å². The fraction of sp³-hybridized carbons (Fsp3) is 0.174. The van der Waals surface area contributed by atoms with Gasteiger partial charge in [0.2, 0.25) is 11.8 Å². The van der Waals surface area contributed by atoms with E-state index in [1.54, 1.807) is 24.3 Å². The van der Waals surface area contributed by atoms with Gasteiger partial charge in [-0.2, -0.15) is 0 Å². The van der Waals surface area contributed by atoms with Crippen molar-refractivity contribution in [3.05, 3.63) is 84.7 Å². The van der Waals surface area contributed by atoms with E-state index in [0.717, 1.165) is 22.4 Å². The Morgan fingerprint density at radius 1 is 1.00 bits per heavy atom. The first-order chi connectivity index (χ1) is 13.6. The molecule has 4 rings (SSSR count). The highest BCUT2D eigenvalue weighted by atomic mass is 16.2. The number of nitrogens with one attached hydrogen (secondary N) is 1. The summed E-state index contributed by atoms with van der Waals surface area (Å²) in [6, 6.07) is 21.2. The van der Waals surface area contributed by atoms with Crippen LogP contribution < -0.4 is 5.32 Å². The topological polar surface area (TPSA) is 62.3 Å². The summed E-state index contributed by atoms with van der Waals surface area (Å²) in [4.78, 5) is 31.0. The van der Waals surface area contributed by atoms with Crippen molar-refractivity contribution < 1.29 is 9.59 Å². The van der Waals surface area contributed by atoms with Gasteiger partial charge in [-0.3, -0.25) is 14.6 Å². The van der Waals surface area contributed by atoms with E-state index in [2.05, 4.69) is 10.3 Å². The van der Waals surface area contributed by atoms with Crippen LogP contribution in [0.2, 0.25) is 0 Å². The van der Waals surface area contributed by atoms with Gasteiger partial charge in [0.25, 0.3) is 0 Å². The van der Waals surface area contributed by atoms with E-state index in [4.69, 9.17) is 0 Å². The highest BCUT2D eigenvalue weighted by molar-refractivity contribution is 5.98. The van der Waals surface area contributed by atoms with Gasteiger partial charge in [-0.05, 0) is 34.9 Å². The van der Waals surface area contributed by atoms with Gasteiger partial charge in [-0.15, -0.1) is 0 Å². The largest absolute Gasteiger partial charge is 0.338 e. The predicted molar refractivity (Wildman–Crippen MR) is 108 cm³/mol. The minimum Gasteiger partial charge on any atom is -0.338 e. The number of hydrogen-bond donors (Lipinski definition) is 1. The number of pyridine rings is 1. The highest BCUT2D eigenvalue weighted by Crippen LogP contribution is 2.37. The summed E-state index contributed by atoms with van der Waals surface area (Å²) in [6.07, 6.45) is 3.60. The van der Waals surface area contributed by atoms with Crippen molar-refractivity contribution >= 4 is 17.5 Å². The van der Waals surface area contributed by atoms with Crippen LogP contribution in [0.3, 0.4) is 0 Å². The number of benzene rings is 2. The van der Waals surface area contributed by atoms with E-state index >= 15 is 0 Å². The van der Waals surface area contributed by atoms with Crippen LogP contribution in [-0.2, 0) is 9.59 Å². The summed E-state index contributed by atoms with van der Waals surface area (Å²) < 4.78 is 0. The summed E-state index contributed by atoms with van der Waals surface area (Å²) in [7, 11) is 1.74. The van der Waals surface area contributed by atoms with Gasteiger partial charge >= 0.3 is 0 Å². The monoisotopic (exact) mass is 371 g/mol. The zero-order chi connectivity index (χ0) is 19.5. The SMILES string of the molecule is CN1C(=O)CC(C(=O)Nc2ccc(-c3ccccc3)cc2)C1c1cccnc1. The van der Waals surface area contributed by atoms with Gasteiger partial charge in [0, 0.05) is 31.5 Å². The first kappa shape index (κ1) is 17.9. The Bertz CT molecular complexity index is 972. The highest BCUT2D eigenvalue weighted by Gasteiger charge is 2.42. The molecule has 5 heteroatoms. The Labute approximate surface area is 164 Å². The summed E-state index contributed by atoms with van der Waals surface area (Å²) in [6.45, 7) is 0. The van der Waals surface area contributed by atoms with Crippen molar-refractivity contribution in [2.24, 2.45) is 5.92 Å². The molecule has 1 fully saturated rings. The molecular weight excluding hydrogens is 350 g/mol.